The van der Waals surface area contributed by atoms with Crippen molar-refractivity contribution in [1.82, 2.24) is 4.90 Å². The number of hydrogen-bond donors (Lipinski definition) is 1. The number of rotatable bonds is 4. The lowest BCUT2D eigenvalue weighted by Crippen LogP contribution is -2.41. The smallest absolute Gasteiger partial charge is 0.0700 e. The van der Waals surface area contributed by atoms with E-state index in [-0.39, 0.29) is 6.61 Å². The molecule has 0 bridgehead atoms. The minimum absolute atomic E-state index is 0.121. The second kappa shape index (κ2) is 6.15. The molecule has 1 unspecified atom stereocenters. The molecule has 17 heavy (non-hydrogen) atoms. The Balaban J connectivity index is 1.90. The Kier molecular flexibility index (Phi) is 4.54. The maximum Gasteiger partial charge on any atom is 0.0700 e. The van der Waals surface area contributed by atoms with Crippen LogP contribution in [0.3, 0.4) is 0 Å². The highest BCUT2D eigenvalue weighted by Gasteiger charge is 2.18. The molecule has 0 amide bonds. The normalized spacial score (nSPS) is 21.6. The van der Waals surface area contributed by atoms with Crippen LogP contribution >= 0.6 is 0 Å². The van der Waals surface area contributed by atoms with Gasteiger partial charge in [0.05, 0.1) is 19.3 Å². The Morgan fingerprint density at radius 1 is 1.29 bits per heavy atom. The molecular weight excluding hydrogens is 214 g/mol. The predicted octanol–water partition coefficient (Wildman–Crippen LogP) is 1.79. The van der Waals surface area contributed by atoms with Gasteiger partial charge in [-0.3, -0.25) is 4.90 Å². The topological polar surface area (TPSA) is 32.7 Å². The first-order valence-electron chi connectivity index (χ1n) is 6.34. The molecule has 1 N–H and O–H groups in total. The summed E-state index contributed by atoms with van der Waals surface area (Å²) in [6, 6.07) is 8.18. The molecule has 1 fully saturated rings. The van der Waals surface area contributed by atoms with Gasteiger partial charge in [0.2, 0.25) is 0 Å². The number of morpholine rings is 1. The highest BCUT2D eigenvalue weighted by Crippen LogP contribution is 2.13. The summed E-state index contributed by atoms with van der Waals surface area (Å²) in [6.07, 6.45) is 1.47. The molecule has 1 saturated heterocycles. The van der Waals surface area contributed by atoms with Gasteiger partial charge < -0.3 is 9.84 Å². The Morgan fingerprint density at radius 3 is 2.65 bits per heavy atom. The van der Waals surface area contributed by atoms with Gasteiger partial charge in [-0.2, -0.15) is 0 Å². The monoisotopic (exact) mass is 235 g/mol. The average Bonchev–Trinajstić information content (AvgIpc) is 2.40. The first-order valence-corrected chi connectivity index (χ1v) is 6.34. The van der Waals surface area contributed by atoms with Gasteiger partial charge >= 0.3 is 0 Å². The summed E-state index contributed by atoms with van der Waals surface area (Å²) in [5.74, 6) is 0. The molecule has 1 aromatic carbocycles. The quantitative estimate of drug-likeness (QED) is 0.863. The summed E-state index contributed by atoms with van der Waals surface area (Å²) < 4.78 is 5.66. The van der Waals surface area contributed by atoms with Gasteiger partial charge in [-0.25, -0.2) is 0 Å². The zero-order valence-corrected chi connectivity index (χ0v) is 10.4. The van der Waals surface area contributed by atoms with Crippen LogP contribution in [0.25, 0.3) is 0 Å². The lowest BCUT2D eigenvalue weighted by molar-refractivity contribution is -0.0324. The molecule has 1 aliphatic rings. The Morgan fingerprint density at radius 2 is 2.00 bits per heavy atom. The van der Waals surface area contributed by atoms with Crippen LogP contribution in [0.1, 0.15) is 24.5 Å². The third kappa shape index (κ3) is 3.53. The van der Waals surface area contributed by atoms with Crippen molar-refractivity contribution in [3.8, 4) is 0 Å². The van der Waals surface area contributed by atoms with Gasteiger partial charge in [-0.1, -0.05) is 31.2 Å². The highest BCUT2D eigenvalue weighted by molar-refractivity contribution is 5.21. The third-order valence-electron chi connectivity index (χ3n) is 3.29. The number of aliphatic hydroxyl groups excluding tert-OH is 1. The molecule has 1 aromatic rings. The van der Waals surface area contributed by atoms with Crippen molar-refractivity contribution in [3.05, 3.63) is 35.4 Å². The molecule has 2 rings (SSSR count). The van der Waals surface area contributed by atoms with E-state index in [0.717, 1.165) is 38.2 Å². The molecule has 3 nitrogen and oxygen atoms in total. The van der Waals surface area contributed by atoms with Crippen molar-refractivity contribution >= 4 is 0 Å². The van der Waals surface area contributed by atoms with Crippen LogP contribution in [0.2, 0.25) is 0 Å². The molecular formula is C14H21NO2. The van der Waals surface area contributed by atoms with Crippen molar-refractivity contribution in [2.45, 2.75) is 32.6 Å². The Bertz CT molecular complexity index is 337. The molecule has 0 spiro atoms. The van der Waals surface area contributed by atoms with Crippen molar-refractivity contribution in [1.29, 1.82) is 0 Å². The van der Waals surface area contributed by atoms with Crippen molar-refractivity contribution < 1.29 is 9.84 Å². The molecule has 0 radical (unpaired) electrons. The molecule has 3 heteroatoms. The van der Waals surface area contributed by atoms with E-state index >= 15 is 0 Å². The maximum atomic E-state index is 8.99. The third-order valence-corrected chi connectivity index (χ3v) is 3.29. The summed E-state index contributed by atoms with van der Waals surface area (Å²) >= 11 is 0. The number of ether oxygens (including phenoxy) is 1. The summed E-state index contributed by atoms with van der Waals surface area (Å²) in [5, 5.41) is 8.99. The second-order valence-electron chi connectivity index (χ2n) is 4.61. The van der Waals surface area contributed by atoms with Gasteiger partial charge in [-0.05, 0) is 17.5 Å². The zero-order chi connectivity index (χ0) is 12.1. The van der Waals surface area contributed by atoms with Crippen molar-refractivity contribution in [2.24, 2.45) is 0 Å². The van der Waals surface area contributed by atoms with Crippen LogP contribution in [0.15, 0.2) is 24.3 Å². The van der Waals surface area contributed by atoms with Crippen LogP contribution < -0.4 is 0 Å². The summed E-state index contributed by atoms with van der Waals surface area (Å²) in [4.78, 5) is 2.44. The van der Waals surface area contributed by atoms with Gasteiger partial charge in [0.15, 0.2) is 0 Å². The fraction of sp³-hybridized carbons (Fsp3) is 0.571. The van der Waals surface area contributed by atoms with Gasteiger partial charge in [0, 0.05) is 19.6 Å². The van der Waals surface area contributed by atoms with E-state index in [9.17, 15) is 0 Å². The minimum atomic E-state index is 0.121. The van der Waals surface area contributed by atoms with Crippen LogP contribution in [0.5, 0.6) is 0 Å². The molecule has 1 aliphatic heterocycles. The van der Waals surface area contributed by atoms with Crippen molar-refractivity contribution in [2.75, 3.05) is 19.7 Å². The standard InChI is InChI=1S/C14H21NO2/c1-2-14-10-15(7-8-17-14)9-12-3-5-13(11-16)6-4-12/h3-6,14,16H,2,7-11H2,1H3. The molecule has 1 heterocycles. The van der Waals surface area contributed by atoms with Crippen LogP contribution in [0, 0.1) is 0 Å². The summed E-state index contributed by atoms with van der Waals surface area (Å²) in [6.45, 7) is 6.15. The van der Waals surface area contributed by atoms with Crippen molar-refractivity contribution in [3.63, 3.8) is 0 Å². The van der Waals surface area contributed by atoms with Crippen LogP contribution in [-0.4, -0.2) is 35.8 Å². The van der Waals surface area contributed by atoms with Gasteiger partial charge in [-0.15, -0.1) is 0 Å². The van der Waals surface area contributed by atoms with Gasteiger partial charge in [0.1, 0.15) is 0 Å². The Labute approximate surface area is 103 Å². The lowest BCUT2D eigenvalue weighted by Gasteiger charge is -2.32. The number of nitrogens with zero attached hydrogens (tertiary/aromatic N) is 1. The van der Waals surface area contributed by atoms with E-state index < -0.39 is 0 Å². The average molecular weight is 235 g/mol. The number of hydrogen-bond acceptors (Lipinski definition) is 3. The highest BCUT2D eigenvalue weighted by atomic mass is 16.5. The van der Waals surface area contributed by atoms with E-state index in [1.807, 2.05) is 12.1 Å². The minimum Gasteiger partial charge on any atom is -0.392 e. The van der Waals surface area contributed by atoms with E-state index in [2.05, 4.69) is 24.0 Å². The largest absolute Gasteiger partial charge is 0.392 e. The summed E-state index contributed by atoms with van der Waals surface area (Å²) in [7, 11) is 0. The second-order valence-corrected chi connectivity index (χ2v) is 4.61. The van der Waals surface area contributed by atoms with Gasteiger partial charge in [0.25, 0.3) is 0 Å². The SMILES string of the molecule is CCC1CN(Cc2ccc(CO)cc2)CCO1. The number of benzene rings is 1. The lowest BCUT2D eigenvalue weighted by atomic mass is 10.1. The molecule has 0 aliphatic carbocycles. The zero-order valence-electron chi connectivity index (χ0n) is 10.4. The van der Waals surface area contributed by atoms with E-state index in [4.69, 9.17) is 9.84 Å². The molecule has 94 valence electrons. The Hall–Kier alpha value is -0.900. The predicted molar refractivity (Wildman–Crippen MR) is 67.7 cm³/mol. The summed E-state index contributed by atoms with van der Waals surface area (Å²) in [5.41, 5.74) is 2.28. The van der Waals surface area contributed by atoms with E-state index in [1.54, 1.807) is 0 Å². The molecule has 0 saturated carbocycles. The maximum absolute atomic E-state index is 8.99. The van der Waals surface area contributed by atoms with Crippen LogP contribution in [0.4, 0.5) is 0 Å². The fourth-order valence-electron chi connectivity index (χ4n) is 2.18. The first-order chi connectivity index (χ1) is 8.31. The molecule has 0 aromatic heterocycles. The van der Waals surface area contributed by atoms with E-state index in [0.29, 0.717) is 6.10 Å². The fourth-order valence-corrected chi connectivity index (χ4v) is 2.18. The number of aliphatic hydroxyl groups is 1. The van der Waals surface area contributed by atoms with E-state index in [1.165, 1.54) is 5.56 Å². The first kappa shape index (κ1) is 12.6. The van der Waals surface area contributed by atoms with Crippen LogP contribution in [-0.2, 0) is 17.9 Å². The molecule has 1 atom stereocenters.